The molecule has 2 N–H and O–H groups in total. The van der Waals surface area contributed by atoms with Crippen molar-refractivity contribution in [3.63, 3.8) is 0 Å². The van der Waals surface area contributed by atoms with Crippen LogP contribution in [0.25, 0.3) is 0 Å². The van der Waals surface area contributed by atoms with E-state index in [4.69, 9.17) is 5.11 Å². The Labute approximate surface area is 140 Å². The molecule has 0 unspecified atom stereocenters. The van der Waals surface area contributed by atoms with Gasteiger partial charge in [0.2, 0.25) is 0 Å². The maximum Gasteiger partial charge on any atom is 0.317 e. The van der Waals surface area contributed by atoms with Gasteiger partial charge in [0, 0.05) is 25.2 Å². The van der Waals surface area contributed by atoms with Crippen LogP contribution < -0.4 is 5.32 Å². The fourth-order valence-corrected chi connectivity index (χ4v) is 3.16. The highest BCUT2D eigenvalue weighted by Gasteiger charge is 2.35. The Morgan fingerprint density at radius 3 is 2.17 bits per heavy atom. The van der Waals surface area contributed by atoms with E-state index in [1.165, 1.54) is 0 Å². The van der Waals surface area contributed by atoms with Gasteiger partial charge < -0.3 is 15.3 Å². The zero-order chi connectivity index (χ0) is 17.4. The second-order valence-corrected chi connectivity index (χ2v) is 6.45. The summed E-state index contributed by atoms with van der Waals surface area (Å²) in [6.07, 6.45) is 3.86. The van der Waals surface area contributed by atoms with Crippen LogP contribution in [0.4, 0.5) is 4.79 Å². The van der Waals surface area contributed by atoms with E-state index >= 15 is 0 Å². The molecule has 0 atom stereocenters. The quantitative estimate of drug-likeness (QED) is 0.646. The highest BCUT2D eigenvalue weighted by molar-refractivity contribution is 5.74. The van der Waals surface area contributed by atoms with E-state index in [9.17, 15) is 9.59 Å². The lowest BCUT2D eigenvalue weighted by molar-refractivity contribution is -0.139. The van der Waals surface area contributed by atoms with Crippen LogP contribution in [0.1, 0.15) is 53.4 Å². The summed E-state index contributed by atoms with van der Waals surface area (Å²) in [6.45, 7) is 10.7. The maximum absolute atomic E-state index is 12.4. The summed E-state index contributed by atoms with van der Waals surface area (Å²) in [5.74, 6) is -0.234. The van der Waals surface area contributed by atoms with E-state index in [1.807, 2.05) is 23.6 Å². The maximum atomic E-state index is 12.4. The van der Waals surface area contributed by atoms with Crippen molar-refractivity contribution < 1.29 is 14.7 Å². The summed E-state index contributed by atoms with van der Waals surface area (Å²) in [4.78, 5) is 27.1. The Bertz CT molecular complexity index is 379. The molecule has 1 aliphatic carbocycles. The van der Waals surface area contributed by atoms with Crippen LogP contribution in [0.3, 0.4) is 0 Å². The summed E-state index contributed by atoms with van der Waals surface area (Å²) < 4.78 is 0. The zero-order valence-electron chi connectivity index (χ0n) is 15.0. The number of rotatable bonds is 10. The van der Waals surface area contributed by atoms with E-state index in [2.05, 4.69) is 19.2 Å². The standard InChI is InChI=1S/C17H33N3O3/c1-5-13(6-2)11-20(8-4)17(23)18-14-9-15(10-14)19(7-3)12-16(21)22/h13-15H,5-12H2,1-4H3,(H,18,23)(H,21,22). The predicted molar refractivity (Wildman–Crippen MR) is 91.5 cm³/mol. The van der Waals surface area contributed by atoms with E-state index in [0.29, 0.717) is 5.92 Å². The molecular weight excluding hydrogens is 294 g/mol. The number of likely N-dealkylation sites (N-methyl/N-ethyl adjacent to an activating group) is 1. The highest BCUT2D eigenvalue weighted by atomic mass is 16.4. The Morgan fingerprint density at radius 2 is 1.74 bits per heavy atom. The molecule has 0 aromatic carbocycles. The first kappa shape index (κ1) is 19.7. The van der Waals surface area contributed by atoms with Gasteiger partial charge in [-0.25, -0.2) is 4.79 Å². The summed E-state index contributed by atoms with van der Waals surface area (Å²) >= 11 is 0. The van der Waals surface area contributed by atoms with Gasteiger partial charge in [-0.2, -0.15) is 0 Å². The first-order valence-electron chi connectivity index (χ1n) is 8.96. The van der Waals surface area contributed by atoms with Crippen molar-refractivity contribution in [2.24, 2.45) is 5.92 Å². The van der Waals surface area contributed by atoms with Crippen molar-refractivity contribution in [3.05, 3.63) is 0 Å². The lowest BCUT2D eigenvalue weighted by Crippen LogP contribution is -2.57. The summed E-state index contributed by atoms with van der Waals surface area (Å²) in [7, 11) is 0. The number of nitrogens with one attached hydrogen (secondary N) is 1. The van der Waals surface area contributed by atoms with E-state index < -0.39 is 5.97 Å². The molecule has 0 spiro atoms. The Hall–Kier alpha value is -1.30. The number of carboxylic acid groups (broad SMARTS) is 1. The van der Waals surface area contributed by atoms with Crippen molar-refractivity contribution in [2.75, 3.05) is 26.2 Å². The molecule has 0 aromatic rings. The average molecular weight is 327 g/mol. The number of carboxylic acids is 1. The molecule has 0 aromatic heterocycles. The van der Waals surface area contributed by atoms with Gasteiger partial charge in [0.05, 0.1) is 6.54 Å². The van der Waals surface area contributed by atoms with Crippen molar-refractivity contribution in [1.29, 1.82) is 0 Å². The van der Waals surface area contributed by atoms with Crippen molar-refractivity contribution in [2.45, 2.75) is 65.5 Å². The molecule has 1 rings (SSSR count). The van der Waals surface area contributed by atoms with Gasteiger partial charge in [-0.05, 0) is 32.2 Å². The fourth-order valence-electron chi connectivity index (χ4n) is 3.16. The molecule has 23 heavy (non-hydrogen) atoms. The van der Waals surface area contributed by atoms with Gasteiger partial charge in [0.1, 0.15) is 0 Å². The molecule has 1 fully saturated rings. The van der Waals surface area contributed by atoms with Crippen molar-refractivity contribution in [3.8, 4) is 0 Å². The third-order valence-corrected chi connectivity index (χ3v) is 5.00. The molecule has 0 heterocycles. The summed E-state index contributed by atoms with van der Waals surface area (Å²) in [6, 6.07) is 0.464. The van der Waals surface area contributed by atoms with Crippen molar-refractivity contribution >= 4 is 12.0 Å². The minimum absolute atomic E-state index is 0.0177. The first-order chi connectivity index (χ1) is 10.9. The van der Waals surface area contributed by atoms with Crippen LogP contribution in [0, 0.1) is 5.92 Å². The molecule has 2 amide bonds. The number of urea groups is 1. The van der Waals surface area contributed by atoms with Crippen LogP contribution >= 0.6 is 0 Å². The van der Waals surface area contributed by atoms with Gasteiger partial charge in [0.15, 0.2) is 0 Å². The van der Waals surface area contributed by atoms with Crippen molar-refractivity contribution in [1.82, 2.24) is 15.1 Å². The molecule has 0 bridgehead atoms. The summed E-state index contributed by atoms with van der Waals surface area (Å²) in [5.41, 5.74) is 0. The van der Waals surface area contributed by atoms with E-state index in [1.54, 1.807) is 0 Å². The molecule has 0 aliphatic heterocycles. The monoisotopic (exact) mass is 327 g/mol. The minimum Gasteiger partial charge on any atom is -0.480 e. The molecule has 6 nitrogen and oxygen atoms in total. The average Bonchev–Trinajstić information content (AvgIpc) is 2.49. The lowest BCUT2D eigenvalue weighted by Gasteiger charge is -2.43. The smallest absolute Gasteiger partial charge is 0.317 e. The SMILES string of the molecule is CCC(CC)CN(CC)C(=O)NC1CC(N(CC)CC(=O)O)C1. The van der Waals surface area contributed by atoms with E-state index in [-0.39, 0.29) is 24.7 Å². The Balaban J connectivity index is 2.40. The number of amides is 2. The lowest BCUT2D eigenvalue weighted by atomic mass is 9.85. The van der Waals surface area contributed by atoms with Gasteiger partial charge in [-0.3, -0.25) is 9.69 Å². The molecule has 1 aliphatic rings. The number of carbonyl (C=O) groups excluding carboxylic acids is 1. The second-order valence-electron chi connectivity index (χ2n) is 6.45. The normalized spacial score (nSPS) is 20.4. The third kappa shape index (κ3) is 6.01. The summed E-state index contributed by atoms with van der Waals surface area (Å²) in [5, 5.41) is 12.0. The van der Waals surface area contributed by atoms with Crippen LogP contribution in [-0.2, 0) is 4.79 Å². The highest BCUT2D eigenvalue weighted by Crippen LogP contribution is 2.25. The van der Waals surface area contributed by atoms with Gasteiger partial charge in [-0.15, -0.1) is 0 Å². The number of carbonyl (C=O) groups is 2. The number of hydrogen-bond acceptors (Lipinski definition) is 3. The first-order valence-corrected chi connectivity index (χ1v) is 8.96. The van der Waals surface area contributed by atoms with Gasteiger partial charge in [0.25, 0.3) is 0 Å². The fraction of sp³-hybridized carbons (Fsp3) is 0.882. The largest absolute Gasteiger partial charge is 0.480 e. The molecular formula is C17H33N3O3. The van der Waals surface area contributed by atoms with Gasteiger partial charge >= 0.3 is 12.0 Å². The number of aliphatic carboxylic acids is 1. The topological polar surface area (TPSA) is 72.9 Å². The van der Waals surface area contributed by atoms with Gasteiger partial charge in [-0.1, -0.05) is 33.6 Å². The van der Waals surface area contributed by atoms with Crippen LogP contribution in [0.2, 0.25) is 0 Å². The number of nitrogens with zero attached hydrogens (tertiary/aromatic N) is 2. The second kappa shape index (κ2) is 9.75. The zero-order valence-corrected chi connectivity index (χ0v) is 15.0. The Kier molecular flexibility index (Phi) is 8.37. The van der Waals surface area contributed by atoms with Crippen LogP contribution in [0.15, 0.2) is 0 Å². The minimum atomic E-state index is -0.790. The molecule has 6 heteroatoms. The molecule has 0 saturated heterocycles. The van der Waals surface area contributed by atoms with Crippen LogP contribution in [-0.4, -0.2) is 65.2 Å². The van der Waals surface area contributed by atoms with Crippen LogP contribution in [0.5, 0.6) is 0 Å². The van der Waals surface area contributed by atoms with E-state index in [0.717, 1.165) is 45.3 Å². The third-order valence-electron chi connectivity index (χ3n) is 5.00. The number of hydrogen-bond donors (Lipinski definition) is 2. The molecule has 1 saturated carbocycles. The predicted octanol–water partition coefficient (Wildman–Crippen LogP) is 2.39. The molecule has 0 radical (unpaired) electrons. The Morgan fingerprint density at radius 1 is 1.13 bits per heavy atom. The molecule has 134 valence electrons.